The van der Waals surface area contributed by atoms with Crippen molar-refractivity contribution in [1.29, 1.82) is 0 Å². The molecule has 382 valence electrons. The molecule has 23 heteroatoms. The first-order valence-electron chi connectivity index (χ1n) is 22.6. The number of halogens is 3. The summed E-state index contributed by atoms with van der Waals surface area (Å²) in [6.07, 6.45) is 5.78. The maximum atomic E-state index is 12.9. The molecule has 0 saturated carbocycles. The number of nitrogens with zero attached hydrogens (tertiary/aromatic N) is 7. The van der Waals surface area contributed by atoms with Crippen LogP contribution in [0.1, 0.15) is 50.1 Å². The summed E-state index contributed by atoms with van der Waals surface area (Å²) in [5.74, 6) is 4.12. The van der Waals surface area contributed by atoms with Gasteiger partial charge in [-0.3, -0.25) is 24.5 Å². The molecule has 0 fully saturated rings. The number of thiophene rings is 3. The van der Waals surface area contributed by atoms with Crippen molar-refractivity contribution in [2.24, 2.45) is 5.92 Å². The second kappa shape index (κ2) is 26.0. The molecule has 0 bridgehead atoms. The number of isothiocyanates is 1. The van der Waals surface area contributed by atoms with Gasteiger partial charge in [-0.25, -0.2) is 4.98 Å². The van der Waals surface area contributed by atoms with Gasteiger partial charge >= 0.3 is 25.7 Å². The molecule has 0 spiro atoms. The predicted molar refractivity (Wildman–Crippen MR) is 275 cm³/mol. The van der Waals surface area contributed by atoms with Gasteiger partial charge in [-0.15, -0.1) is 34.0 Å². The summed E-state index contributed by atoms with van der Waals surface area (Å²) in [5.41, 5.74) is 2.95. The van der Waals surface area contributed by atoms with Crippen LogP contribution in [0.15, 0.2) is 90.7 Å². The third kappa shape index (κ3) is 13.1. The van der Waals surface area contributed by atoms with Crippen LogP contribution in [0, 0.1) is 5.92 Å². The van der Waals surface area contributed by atoms with E-state index >= 15 is 0 Å². The summed E-state index contributed by atoms with van der Waals surface area (Å²) < 4.78 is 72.8. The number of unbranched alkanes of at least 4 members (excludes halogenated alkanes) is 1. The molecule has 0 saturated heterocycles. The molecule has 74 heavy (non-hydrogen) atoms. The molecule has 1 unspecified atom stereocenters. The number of pyridine rings is 4. The summed E-state index contributed by atoms with van der Waals surface area (Å²) in [7, 11) is 0. The molecule has 0 radical (unpaired) electrons. The summed E-state index contributed by atoms with van der Waals surface area (Å²) in [4.78, 5) is 44.8. The zero-order chi connectivity index (χ0) is 51.3. The zero-order valence-electron chi connectivity index (χ0n) is 39.3. The van der Waals surface area contributed by atoms with E-state index in [4.69, 9.17) is 38.8 Å². The number of thiocarbonyl (C=S) groups is 1. The summed E-state index contributed by atoms with van der Waals surface area (Å²) in [6.45, 7) is 7.02. The normalized spacial score (nSPS) is 12.6. The number of hydrogen-bond donors (Lipinski definition) is 0. The minimum Gasteiger partial charge on any atom is -0.753 e. The van der Waals surface area contributed by atoms with Crippen LogP contribution in [0.3, 0.4) is 0 Å². The fourth-order valence-corrected chi connectivity index (χ4v) is 11.1. The largest absolute Gasteiger partial charge is 2.00 e. The van der Waals surface area contributed by atoms with Gasteiger partial charge in [0.2, 0.25) is 0 Å². The van der Waals surface area contributed by atoms with E-state index in [1.807, 2.05) is 29.6 Å². The van der Waals surface area contributed by atoms with E-state index in [2.05, 4.69) is 57.3 Å². The van der Waals surface area contributed by atoms with Gasteiger partial charge in [0.05, 0.1) is 48.0 Å². The van der Waals surface area contributed by atoms with Crippen LogP contribution in [0.4, 0.5) is 13.2 Å². The van der Waals surface area contributed by atoms with Crippen LogP contribution >= 0.6 is 46.2 Å². The Hall–Kier alpha value is -6.74. The first kappa shape index (κ1) is 55.0. The van der Waals surface area contributed by atoms with E-state index in [0.29, 0.717) is 91.0 Å². The molecule has 8 aromatic rings. The SMILES string of the molecule is CCCCC(CC)Cc1sc(-c2ccnc(-c3cc(C(F)(F)F)n[n-]3)c2)c2c1OCCO2.O=COc1ccnc(-c2cc(OC=O)cc(-c3cc(-c4sc(-c5cccs5)c5c4OCCO5)ccn3)n2)c1.[N-]=C=S.[Ru+2]. The molecule has 0 aromatic carbocycles. The fourth-order valence-electron chi connectivity index (χ4n) is 7.80. The molecule has 2 aliphatic rings. The molecule has 10 rings (SSSR count). The third-order valence-corrected chi connectivity index (χ3v) is 14.7. The number of fused-ring (bicyclic) bond motifs is 2. The Kier molecular flexibility index (Phi) is 19.3. The quantitative estimate of drug-likeness (QED) is 0.0384. The van der Waals surface area contributed by atoms with Crippen LogP contribution in [0.25, 0.3) is 70.2 Å². The van der Waals surface area contributed by atoms with Crippen molar-refractivity contribution in [3.63, 3.8) is 0 Å². The second-order valence-electron chi connectivity index (χ2n) is 15.9. The first-order valence-corrected chi connectivity index (χ1v) is 25.6. The Balaban J connectivity index is 0.000000206. The van der Waals surface area contributed by atoms with Crippen LogP contribution < -0.4 is 33.5 Å². The van der Waals surface area contributed by atoms with Crippen LogP contribution in [-0.4, -0.2) is 69.6 Å². The molecule has 15 nitrogen and oxygen atoms in total. The third-order valence-electron chi connectivity index (χ3n) is 11.2. The van der Waals surface area contributed by atoms with Crippen molar-refractivity contribution in [2.45, 2.75) is 52.1 Å². The maximum Gasteiger partial charge on any atom is 2.00 e. The van der Waals surface area contributed by atoms with Gasteiger partial charge in [-0.2, -0.15) is 18.3 Å². The van der Waals surface area contributed by atoms with E-state index in [1.165, 1.54) is 30.6 Å². The molecule has 8 aromatic heterocycles. The van der Waals surface area contributed by atoms with Gasteiger partial charge in [-0.1, -0.05) is 63.5 Å². The topological polar surface area (TPSA) is 190 Å². The number of carbonyl (C=O) groups is 2. The van der Waals surface area contributed by atoms with Crippen LogP contribution in [0.5, 0.6) is 34.5 Å². The van der Waals surface area contributed by atoms with Crippen molar-refractivity contribution in [2.75, 3.05) is 26.4 Å². The molecule has 0 N–H and O–H groups in total. The minimum atomic E-state index is -4.54. The first-order chi connectivity index (χ1) is 35.5. The average molecular weight is 1170 g/mol. The van der Waals surface area contributed by atoms with Crippen molar-refractivity contribution in [3.05, 3.63) is 107 Å². The van der Waals surface area contributed by atoms with Gasteiger partial charge in [0.1, 0.15) is 43.6 Å². The number of aromatic nitrogens is 6. The van der Waals surface area contributed by atoms with Gasteiger partial charge in [0, 0.05) is 41.7 Å². The van der Waals surface area contributed by atoms with Crippen LogP contribution in [-0.2, 0) is 41.7 Å². The molecule has 0 amide bonds. The molecule has 0 aliphatic carbocycles. The number of alkyl halides is 3. The van der Waals surface area contributed by atoms with E-state index < -0.39 is 11.9 Å². The Labute approximate surface area is 452 Å². The monoisotopic (exact) mass is 1170 g/mol. The van der Waals surface area contributed by atoms with E-state index in [-0.39, 0.29) is 30.9 Å². The smallest absolute Gasteiger partial charge is 0.753 e. The molecule has 10 heterocycles. The molecule has 1 atom stereocenters. The predicted octanol–water partition coefficient (Wildman–Crippen LogP) is 12.5. The summed E-state index contributed by atoms with van der Waals surface area (Å²) in [5, 5.41) is 17.4. The Morgan fingerprint density at radius 3 is 1.91 bits per heavy atom. The standard InChI is InChI=1S/C27H17N3O6S2.C23H25F3N3O2S.CNS.Ru/c31-14-35-17-4-6-29-20(11-17)22-13-18(36-15-32)12-21(30-22)19-10-16(3-5-28-19)26-24-25(34-8-7-33-24)27(38-26)23-2-1-9-37-23;1-3-5-6-14(4-2)11-18-20-21(31-10-9-30-20)22(32-18)15-7-8-27-16(12-15)17-13-19(29-28-17)23(24,25)26;2-1-3;/h1-6,9-15H,7-8H2;7-8,12-14H,3-6,9-11H2,1-2H3;;/q;2*-1;+2. The average Bonchev–Trinajstić information content (AvgIpc) is 4.26. The van der Waals surface area contributed by atoms with Crippen LogP contribution in [0.2, 0.25) is 0 Å². The fraction of sp³-hybridized carbons (Fsp3) is 0.255. The van der Waals surface area contributed by atoms with E-state index in [1.54, 1.807) is 76.7 Å². The van der Waals surface area contributed by atoms with Crippen molar-refractivity contribution >= 4 is 64.3 Å². The van der Waals surface area contributed by atoms with Crippen molar-refractivity contribution in [3.8, 4) is 99.3 Å². The number of carbonyl (C=O) groups excluding carboxylic acids is 2. The number of ether oxygens (including phenoxy) is 6. The van der Waals surface area contributed by atoms with Gasteiger partial charge in [0.15, 0.2) is 23.0 Å². The van der Waals surface area contributed by atoms with Crippen molar-refractivity contribution in [1.82, 2.24) is 30.1 Å². The van der Waals surface area contributed by atoms with Gasteiger partial charge < -0.3 is 44.0 Å². The Morgan fingerprint density at radius 2 is 1.31 bits per heavy atom. The van der Waals surface area contributed by atoms with Crippen molar-refractivity contribution < 1.29 is 70.7 Å². The number of rotatable bonds is 16. The van der Waals surface area contributed by atoms with E-state index in [0.717, 1.165) is 65.9 Å². The second-order valence-corrected chi connectivity index (χ2v) is 19.1. The Morgan fingerprint density at radius 1 is 0.757 bits per heavy atom. The molecular weight excluding hydrogens is 1120 g/mol. The summed E-state index contributed by atoms with van der Waals surface area (Å²) >= 11 is 8.56. The van der Waals surface area contributed by atoms with Gasteiger partial charge in [-0.05, 0) is 71.3 Å². The maximum absolute atomic E-state index is 12.9. The Bertz CT molecular complexity index is 3220. The molecule has 2 aliphatic heterocycles. The molecular formula is C51H42F3N7O8RuS4. The number of hydrogen-bond acceptors (Lipinski definition) is 17. The zero-order valence-corrected chi connectivity index (χ0v) is 44.3. The van der Waals surface area contributed by atoms with E-state index in [9.17, 15) is 22.8 Å². The minimum absolute atomic E-state index is 0. The van der Waals surface area contributed by atoms with Gasteiger partial charge in [0.25, 0.3) is 12.9 Å². The summed E-state index contributed by atoms with van der Waals surface area (Å²) in [6, 6.07) is 18.7.